The third-order valence-corrected chi connectivity index (χ3v) is 4.16. The Morgan fingerprint density at radius 3 is 2.52 bits per heavy atom. The van der Waals surface area contributed by atoms with Crippen molar-refractivity contribution in [2.45, 2.75) is 18.4 Å². The Bertz CT molecular complexity index is 725. The number of H-pyrrole nitrogens is 1. The summed E-state index contributed by atoms with van der Waals surface area (Å²) in [5, 5.41) is 0.0223. The number of aromatic amines is 1. The van der Waals surface area contributed by atoms with E-state index in [4.69, 9.17) is 9.47 Å². The normalized spacial score (nSPS) is 11.2. The van der Waals surface area contributed by atoms with Gasteiger partial charge in [0.2, 0.25) is 0 Å². The monoisotopic (exact) mass is 311 g/mol. The van der Waals surface area contributed by atoms with Gasteiger partial charge in [-0.2, -0.15) is 8.42 Å². The molecule has 0 radical (unpaired) electrons. The first kappa shape index (κ1) is 15.2. The zero-order valence-corrected chi connectivity index (χ0v) is 12.8. The van der Waals surface area contributed by atoms with Gasteiger partial charge in [-0.3, -0.25) is 4.72 Å². The summed E-state index contributed by atoms with van der Waals surface area (Å²) in [7, 11) is -0.714. The predicted molar refractivity (Wildman–Crippen MR) is 78.3 cm³/mol. The molecule has 7 nitrogen and oxygen atoms in total. The number of aryl methyl sites for hydroxylation is 1. The number of nitrogens with one attached hydrogen (secondary N) is 2. The number of aromatic nitrogens is 2. The fraction of sp³-hybridized carbons (Fsp3) is 0.308. The van der Waals surface area contributed by atoms with Crippen LogP contribution < -0.4 is 14.2 Å². The molecular weight excluding hydrogens is 294 g/mol. The van der Waals surface area contributed by atoms with Crippen LogP contribution in [0.5, 0.6) is 11.5 Å². The quantitative estimate of drug-likeness (QED) is 0.848. The molecule has 0 unspecified atom stereocenters. The summed E-state index contributed by atoms with van der Waals surface area (Å²) in [6, 6.07) is 4.77. The molecule has 0 amide bonds. The minimum absolute atomic E-state index is 0.0223. The summed E-state index contributed by atoms with van der Waals surface area (Å²) in [6.07, 6.45) is 1.92. The fourth-order valence-corrected chi connectivity index (χ4v) is 2.76. The Hall–Kier alpha value is -2.22. The van der Waals surface area contributed by atoms with Crippen LogP contribution in [-0.4, -0.2) is 32.6 Å². The highest BCUT2D eigenvalue weighted by atomic mass is 32.2. The zero-order valence-electron chi connectivity index (χ0n) is 12.0. The molecule has 21 heavy (non-hydrogen) atoms. The van der Waals surface area contributed by atoms with Crippen LogP contribution in [0.1, 0.15) is 12.7 Å². The van der Waals surface area contributed by atoms with Crippen molar-refractivity contribution in [3.8, 4) is 11.5 Å². The van der Waals surface area contributed by atoms with Crippen molar-refractivity contribution < 1.29 is 17.9 Å². The van der Waals surface area contributed by atoms with Crippen LogP contribution in [-0.2, 0) is 16.4 Å². The van der Waals surface area contributed by atoms with Crippen molar-refractivity contribution in [1.82, 2.24) is 9.97 Å². The lowest BCUT2D eigenvalue weighted by molar-refractivity contribution is 0.355. The van der Waals surface area contributed by atoms with E-state index >= 15 is 0 Å². The highest BCUT2D eigenvalue weighted by Gasteiger charge is 2.18. The van der Waals surface area contributed by atoms with Crippen LogP contribution in [0, 0.1) is 0 Å². The second-order valence-corrected chi connectivity index (χ2v) is 5.87. The molecule has 2 N–H and O–H groups in total. The Morgan fingerprint density at radius 2 is 1.95 bits per heavy atom. The van der Waals surface area contributed by atoms with Gasteiger partial charge in [0.25, 0.3) is 10.0 Å². The van der Waals surface area contributed by atoms with Gasteiger partial charge in [0.15, 0.2) is 16.5 Å². The van der Waals surface area contributed by atoms with E-state index in [0.717, 1.165) is 0 Å². The number of ether oxygens (including phenoxy) is 2. The minimum Gasteiger partial charge on any atom is -0.493 e. The smallest absolute Gasteiger partial charge is 0.278 e. The summed E-state index contributed by atoms with van der Waals surface area (Å²) in [5.74, 6) is 1.58. The standard InChI is InChI=1S/C13H17N3O4S/c1-4-12-14-8-13(15-12)21(17,18)16-9-5-6-10(19-2)11(7-9)20-3/h5-8,16H,4H2,1-3H3,(H,14,15). The number of anilines is 1. The van der Waals surface area contributed by atoms with Gasteiger partial charge in [-0.05, 0) is 12.1 Å². The molecule has 0 fully saturated rings. The molecule has 8 heteroatoms. The number of imidazole rings is 1. The number of hydrogen-bond acceptors (Lipinski definition) is 5. The highest BCUT2D eigenvalue weighted by Crippen LogP contribution is 2.30. The first-order chi connectivity index (χ1) is 10.00. The van der Waals surface area contributed by atoms with Crippen LogP contribution in [0.2, 0.25) is 0 Å². The number of nitrogens with zero attached hydrogens (tertiary/aromatic N) is 1. The van der Waals surface area contributed by atoms with Crippen molar-refractivity contribution in [1.29, 1.82) is 0 Å². The number of rotatable bonds is 6. The molecule has 2 aromatic rings. The molecule has 1 heterocycles. The van der Waals surface area contributed by atoms with Crippen LogP contribution in [0.15, 0.2) is 29.4 Å². The average molecular weight is 311 g/mol. The summed E-state index contributed by atoms with van der Waals surface area (Å²) in [6.45, 7) is 1.89. The number of methoxy groups -OCH3 is 2. The minimum atomic E-state index is -3.71. The van der Waals surface area contributed by atoms with Gasteiger partial charge in [0.1, 0.15) is 5.82 Å². The summed E-state index contributed by atoms with van der Waals surface area (Å²) in [5.41, 5.74) is 0.375. The van der Waals surface area contributed by atoms with Gasteiger partial charge in [-0.25, -0.2) is 4.98 Å². The van der Waals surface area contributed by atoms with Crippen LogP contribution in [0.25, 0.3) is 0 Å². The molecule has 0 aliphatic carbocycles. The van der Waals surface area contributed by atoms with E-state index in [1.54, 1.807) is 18.2 Å². The van der Waals surface area contributed by atoms with E-state index in [2.05, 4.69) is 14.7 Å². The Balaban J connectivity index is 2.28. The van der Waals surface area contributed by atoms with Crippen molar-refractivity contribution >= 4 is 15.7 Å². The third kappa shape index (κ3) is 3.27. The number of benzene rings is 1. The van der Waals surface area contributed by atoms with E-state index in [1.165, 1.54) is 20.4 Å². The van der Waals surface area contributed by atoms with E-state index in [-0.39, 0.29) is 5.03 Å². The van der Waals surface area contributed by atoms with Gasteiger partial charge in [-0.1, -0.05) is 6.92 Å². The van der Waals surface area contributed by atoms with Gasteiger partial charge in [0.05, 0.1) is 26.1 Å². The lowest BCUT2D eigenvalue weighted by Crippen LogP contribution is -2.13. The largest absolute Gasteiger partial charge is 0.493 e. The number of sulfonamides is 1. The van der Waals surface area contributed by atoms with Gasteiger partial charge >= 0.3 is 0 Å². The lowest BCUT2D eigenvalue weighted by Gasteiger charge is -2.11. The molecule has 1 aromatic carbocycles. The van der Waals surface area contributed by atoms with Gasteiger partial charge in [0, 0.05) is 12.5 Å². The molecule has 0 aliphatic rings. The molecule has 0 spiro atoms. The molecular formula is C13H17N3O4S. The van der Waals surface area contributed by atoms with Gasteiger partial charge < -0.3 is 14.5 Å². The molecule has 0 aliphatic heterocycles. The zero-order chi connectivity index (χ0) is 15.5. The second-order valence-electron chi connectivity index (χ2n) is 4.22. The third-order valence-electron chi connectivity index (χ3n) is 2.87. The first-order valence-electron chi connectivity index (χ1n) is 6.29. The molecule has 2 rings (SSSR count). The lowest BCUT2D eigenvalue weighted by atomic mass is 10.3. The highest BCUT2D eigenvalue weighted by molar-refractivity contribution is 7.92. The van der Waals surface area contributed by atoms with Crippen molar-refractivity contribution in [3.05, 3.63) is 30.2 Å². The van der Waals surface area contributed by atoms with Crippen LogP contribution in [0.4, 0.5) is 5.69 Å². The molecule has 1 aromatic heterocycles. The fourth-order valence-electron chi connectivity index (χ4n) is 1.77. The second kappa shape index (κ2) is 6.04. The SMILES string of the molecule is CCc1ncc(S(=O)(=O)Nc2ccc(OC)c(OC)c2)[nH]1. The predicted octanol–water partition coefficient (Wildman–Crippen LogP) is 1.79. The maximum absolute atomic E-state index is 12.2. The molecule has 114 valence electrons. The Kier molecular flexibility index (Phi) is 4.37. The van der Waals surface area contributed by atoms with Gasteiger partial charge in [-0.15, -0.1) is 0 Å². The average Bonchev–Trinajstić information content (AvgIpc) is 2.96. The van der Waals surface area contributed by atoms with E-state index in [1.807, 2.05) is 6.92 Å². The van der Waals surface area contributed by atoms with E-state index in [0.29, 0.717) is 29.4 Å². The van der Waals surface area contributed by atoms with Crippen molar-refractivity contribution in [3.63, 3.8) is 0 Å². The van der Waals surface area contributed by atoms with Crippen LogP contribution >= 0.6 is 0 Å². The van der Waals surface area contributed by atoms with Crippen LogP contribution in [0.3, 0.4) is 0 Å². The molecule has 0 bridgehead atoms. The number of hydrogen-bond donors (Lipinski definition) is 2. The molecule has 0 atom stereocenters. The van der Waals surface area contributed by atoms with E-state index in [9.17, 15) is 8.42 Å². The first-order valence-corrected chi connectivity index (χ1v) is 7.77. The maximum Gasteiger partial charge on any atom is 0.278 e. The van der Waals surface area contributed by atoms with Crippen molar-refractivity contribution in [2.75, 3.05) is 18.9 Å². The van der Waals surface area contributed by atoms with E-state index < -0.39 is 10.0 Å². The Labute approximate surface area is 123 Å². The molecule has 0 saturated carbocycles. The summed E-state index contributed by atoms with van der Waals surface area (Å²) in [4.78, 5) is 6.74. The maximum atomic E-state index is 12.2. The van der Waals surface area contributed by atoms with Crippen molar-refractivity contribution in [2.24, 2.45) is 0 Å². The topological polar surface area (TPSA) is 93.3 Å². The summed E-state index contributed by atoms with van der Waals surface area (Å²) < 4.78 is 37.2. The Morgan fingerprint density at radius 1 is 1.24 bits per heavy atom. The molecule has 0 saturated heterocycles. The summed E-state index contributed by atoms with van der Waals surface area (Å²) >= 11 is 0.